The maximum atomic E-state index is 4.77. The molecule has 0 bridgehead atoms. The van der Waals surface area contributed by atoms with Crippen LogP contribution in [0.5, 0.6) is 0 Å². The van der Waals surface area contributed by atoms with E-state index in [0.717, 1.165) is 25.0 Å². The van der Waals surface area contributed by atoms with Gasteiger partial charge >= 0.3 is 0 Å². The summed E-state index contributed by atoms with van der Waals surface area (Å²) in [6, 6.07) is 0.777. The first kappa shape index (κ1) is 13.5. The van der Waals surface area contributed by atoms with Crippen LogP contribution in [-0.4, -0.2) is 29.0 Å². The summed E-state index contributed by atoms with van der Waals surface area (Å²) in [5, 5.41) is 7.04. The van der Waals surface area contributed by atoms with Gasteiger partial charge in [0, 0.05) is 24.5 Å². The van der Waals surface area contributed by atoms with E-state index >= 15 is 0 Å². The van der Waals surface area contributed by atoms with Crippen molar-refractivity contribution in [2.45, 2.75) is 58.2 Å². The van der Waals surface area contributed by atoms with Crippen molar-refractivity contribution in [3.8, 4) is 0 Å². The maximum Gasteiger partial charge on any atom is 0.107 e. The van der Waals surface area contributed by atoms with Crippen molar-refractivity contribution in [3.05, 3.63) is 16.1 Å². The summed E-state index contributed by atoms with van der Waals surface area (Å²) >= 11 is 1.81. The summed E-state index contributed by atoms with van der Waals surface area (Å²) < 4.78 is 0. The van der Waals surface area contributed by atoms with Crippen molar-refractivity contribution in [2.75, 3.05) is 13.1 Å². The molecule has 1 aliphatic heterocycles. The average molecular weight is 279 g/mol. The van der Waals surface area contributed by atoms with Crippen LogP contribution in [0.4, 0.5) is 0 Å². The number of thiazole rings is 1. The summed E-state index contributed by atoms with van der Waals surface area (Å²) in [6.45, 7) is 6.89. The molecule has 1 unspecified atom stereocenters. The molecule has 19 heavy (non-hydrogen) atoms. The molecule has 2 fully saturated rings. The Bertz CT molecular complexity index is 400. The van der Waals surface area contributed by atoms with Gasteiger partial charge in [0.1, 0.15) is 5.01 Å². The molecule has 106 valence electrons. The van der Waals surface area contributed by atoms with E-state index in [4.69, 9.17) is 4.98 Å². The van der Waals surface area contributed by atoms with Gasteiger partial charge in [0.2, 0.25) is 0 Å². The van der Waals surface area contributed by atoms with Gasteiger partial charge in [-0.15, -0.1) is 11.3 Å². The highest BCUT2D eigenvalue weighted by atomic mass is 32.1. The fourth-order valence-corrected chi connectivity index (χ4v) is 3.47. The number of nitrogens with zero attached hydrogens (tertiary/aromatic N) is 2. The predicted molar refractivity (Wildman–Crippen MR) is 80.3 cm³/mol. The number of likely N-dealkylation sites (tertiary alicyclic amines) is 1. The third kappa shape index (κ3) is 4.26. The Morgan fingerprint density at radius 2 is 2.21 bits per heavy atom. The Kier molecular flexibility index (Phi) is 4.51. The summed E-state index contributed by atoms with van der Waals surface area (Å²) in [5.41, 5.74) is 1.27. The molecule has 0 radical (unpaired) electrons. The van der Waals surface area contributed by atoms with Gasteiger partial charge in [0.15, 0.2) is 0 Å². The summed E-state index contributed by atoms with van der Waals surface area (Å²) in [6.07, 6.45) is 6.79. The van der Waals surface area contributed by atoms with Crippen molar-refractivity contribution in [1.29, 1.82) is 0 Å². The number of aromatic nitrogens is 1. The molecule has 0 amide bonds. The van der Waals surface area contributed by atoms with Crippen molar-refractivity contribution in [1.82, 2.24) is 15.2 Å². The van der Waals surface area contributed by atoms with E-state index in [1.54, 1.807) is 0 Å². The summed E-state index contributed by atoms with van der Waals surface area (Å²) in [5.74, 6) is 0.902. The highest BCUT2D eigenvalue weighted by Crippen LogP contribution is 2.21. The van der Waals surface area contributed by atoms with Crippen molar-refractivity contribution >= 4 is 11.3 Å². The van der Waals surface area contributed by atoms with E-state index in [0.29, 0.717) is 0 Å². The van der Waals surface area contributed by atoms with Gasteiger partial charge in [-0.2, -0.15) is 0 Å². The van der Waals surface area contributed by atoms with Crippen LogP contribution in [0.1, 0.15) is 49.7 Å². The average Bonchev–Trinajstić information content (AvgIpc) is 3.16. The predicted octanol–water partition coefficient (Wildman–Crippen LogP) is 3.02. The molecule has 1 saturated heterocycles. The highest BCUT2D eigenvalue weighted by molar-refractivity contribution is 7.09. The van der Waals surface area contributed by atoms with Gasteiger partial charge in [-0.05, 0) is 51.1 Å². The first-order valence-corrected chi connectivity index (χ1v) is 8.56. The number of nitrogens with one attached hydrogen (secondary N) is 1. The first-order chi connectivity index (χ1) is 9.29. The molecule has 1 aliphatic carbocycles. The van der Waals surface area contributed by atoms with Crippen LogP contribution >= 0.6 is 11.3 Å². The largest absolute Gasteiger partial charge is 0.308 e. The smallest absolute Gasteiger partial charge is 0.107 e. The van der Waals surface area contributed by atoms with Gasteiger partial charge in [0.05, 0.1) is 5.69 Å². The van der Waals surface area contributed by atoms with Crippen LogP contribution in [0.15, 0.2) is 5.38 Å². The van der Waals surface area contributed by atoms with E-state index in [-0.39, 0.29) is 0 Å². The molecule has 3 nitrogen and oxygen atoms in total. The van der Waals surface area contributed by atoms with E-state index < -0.39 is 0 Å². The van der Waals surface area contributed by atoms with Gasteiger partial charge in [0.25, 0.3) is 0 Å². The molecule has 0 spiro atoms. The third-order valence-electron chi connectivity index (χ3n) is 4.21. The second-order valence-electron chi connectivity index (χ2n) is 6.20. The molecule has 1 aromatic rings. The molecular formula is C15H25N3S. The van der Waals surface area contributed by atoms with Crippen molar-refractivity contribution in [3.63, 3.8) is 0 Å². The molecule has 2 aliphatic rings. The van der Waals surface area contributed by atoms with Crippen LogP contribution in [0.2, 0.25) is 0 Å². The second kappa shape index (κ2) is 6.33. The lowest BCUT2D eigenvalue weighted by Gasteiger charge is -2.18. The fourth-order valence-electron chi connectivity index (χ4n) is 2.73. The van der Waals surface area contributed by atoms with Crippen LogP contribution in [0.25, 0.3) is 0 Å². The van der Waals surface area contributed by atoms with Crippen molar-refractivity contribution < 1.29 is 0 Å². The minimum absolute atomic E-state index is 0.777. The molecule has 0 aromatic carbocycles. The summed E-state index contributed by atoms with van der Waals surface area (Å²) in [7, 11) is 0. The van der Waals surface area contributed by atoms with Gasteiger partial charge in [-0.3, -0.25) is 4.90 Å². The standard InChI is InChI=1S/C15H25N3S/c1-12-3-2-7-18(8-6-12)10-14-11-19-15(17-14)9-16-13-4-5-13/h11-13,16H,2-10H2,1H3. The minimum Gasteiger partial charge on any atom is -0.308 e. The van der Waals surface area contributed by atoms with E-state index in [2.05, 4.69) is 22.5 Å². The number of hydrogen-bond donors (Lipinski definition) is 1. The van der Waals surface area contributed by atoms with Crippen LogP contribution in [0, 0.1) is 5.92 Å². The molecule has 1 saturated carbocycles. The minimum atomic E-state index is 0.777. The first-order valence-electron chi connectivity index (χ1n) is 7.68. The van der Waals surface area contributed by atoms with Crippen LogP contribution in [-0.2, 0) is 13.1 Å². The quantitative estimate of drug-likeness (QED) is 0.898. The Hall–Kier alpha value is -0.450. The lowest BCUT2D eigenvalue weighted by molar-refractivity contribution is 0.271. The molecule has 3 rings (SSSR count). The van der Waals surface area contributed by atoms with E-state index in [1.165, 1.54) is 55.9 Å². The number of rotatable bonds is 5. The molecule has 1 N–H and O–H groups in total. The van der Waals surface area contributed by atoms with Crippen molar-refractivity contribution in [2.24, 2.45) is 5.92 Å². The fraction of sp³-hybridized carbons (Fsp3) is 0.800. The maximum absolute atomic E-state index is 4.77. The van der Waals surface area contributed by atoms with E-state index in [9.17, 15) is 0 Å². The van der Waals surface area contributed by atoms with E-state index in [1.807, 2.05) is 11.3 Å². The molecule has 2 heterocycles. The Balaban J connectivity index is 1.48. The monoisotopic (exact) mass is 279 g/mol. The van der Waals surface area contributed by atoms with Crippen LogP contribution < -0.4 is 5.32 Å². The number of hydrogen-bond acceptors (Lipinski definition) is 4. The van der Waals surface area contributed by atoms with Gasteiger partial charge < -0.3 is 5.32 Å². The van der Waals surface area contributed by atoms with Crippen LogP contribution in [0.3, 0.4) is 0 Å². The van der Waals surface area contributed by atoms with Gasteiger partial charge in [-0.25, -0.2) is 4.98 Å². The zero-order chi connectivity index (χ0) is 13.1. The molecule has 1 atom stereocenters. The SMILES string of the molecule is CC1CCCN(Cc2csc(CNC3CC3)n2)CC1. The topological polar surface area (TPSA) is 28.2 Å². The zero-order valence-electron chi connectivity index (χ0n) is 11.9. The Morgan fingerprint density at radius 3 is 3.05 bits per heavy atom. The Labute approximate surface area is 120 Å². The lowest BCUT2D eigenvalue weighted by atomic mass is 10.0. The Morgan fingerprint density at radius 1 is 1.32 bits per heavy atom. The zero-order valence-corrected chi connectivity index (χ0v) is 12.7. The molecule has 4 heteroatoms. The summed E-state index contributed by atoms with van der Waals surface area (Å²) in [4.78, 5) is 7.35. The normalized spacial score (nSPS) is 25.4. The molecular weight excluding hydrogens is 254 g/mol. The molecule has 1 aromatic heterocycles. The second-order valence-corrected chi connectivity index (χ2v) is 7.14. The lowest BCUT2D eigenvalue weighted by Crippen LogP contribution is -2.24. The third-order valence-corrected chi connectivity index (χ3v) is 5.11. The highest BCUT2D eigenvalue weighted by Gasteiger charge is 2.20. The van der Waals surface area contributed by atoms with Gasteiger partial charge in [-0.1, -0.05) is 6.92 Å².